The first-order valence-electron chi connectivity index (χ1n) is 7.29. The van der Waals surface area contributed by atoms with Crippen LogP contribution in [0.1, 0.15) is 25.0 Å². The molecule has 1 aliphatic heterocycles. The van der Waals surface area contributed by atoms with Crippen molar-refractivity contribution in [2.24, 2.45) is 5.73 Å². The molecule has 0 radical (unpaired) electrons. The Balaban J connectivity index is 1.97. The van der Waals surface area contributed by atoms with Crippen molar-refractivity contribution in [3.05, 3.63) is 23.3 Å². The molecule has 0 saturated heterocycles. The molecule has 1 atom stereocenters. The number of rotatable bonds is 7. The minimum Gasteiger partial charge on any atom is -0.494 e. The first-order chi connectivity index (χ1) is 10.1. The zero-order valence-electron chi connectivity index (χ0n) is 12.6. The SMILES string of the molecule is CCOc1cc2c(cc1CNCCNC(N)=O)OC(C)C2. The first kappa shape index (κ1) is 15.4. The molecule has 116 valence electrons. The quantitative estimate of drug-likeness (QED) is 0.659. The van der Waals surface area contributed by atoms with Crippen LogP contribution in [0.25, 0.3) is 0 Å². The second kappa shape index (κ2) is 7.17. The number of hydrogen-bond acceptors (Lipinski definition) is 4. The fourth-order valence-corrected chi connectivity index (χ4v) is 2.41. The summed E-state index contributed by atoms with van der Waals surface area (Å²) >= 11 is 0. The van der Waals surface area contributed by atoms with Crippen LogP contribution in [-0.4, -0.2) is 31.8 Å². The van der Waals surface area contributed by atoms with Crippen molar-refractivity contribution in [2.45, 2.75) is 32.9 Å². The zero-order chi connectivity index (χ0) is 15.2. The summed E-state index contributed by atoms with van der Waals surface area (Å²) < 4.78 is 11.5. The van der Waals surface area contributed by atoms with E-state index in [1.165, 1.54) is 5.56 Å². The van der Waals surface area contributed by atoms with E-state index in [2.05, 4.69) is 23.6 Å². The van der Waals surface area contributed by atoms with Crippen molar-refractivity contribution in [1.29, 1.82) is 0 Å². The summed E-state index contributed by atoms with van der Waals surface area (Å²) in [7, 11) is 0. The van der Waals surface area contributed by atoms with Crippen LogP contribution in [0.15, 0.2) is 12.1 Å². The molecule has 1 aromatic carbocycles. The smallest absolute Gasteiger partial charge is 0.312 e. The van der Waals surface area contributed by atoms with Crippen LogP contribution in [0.2, 0.25) is 0 Å². The molecular weight excluding hydrogens is 270 g/mol. The van der Waals surface area contributed by atoms with E-state index in [9.17, 15) is 4.79 Å². The van der Waals surface area contributed by atoms with E-state index in [1.54, 1.807) is 0 Å². The minimum absolute atomic E-state index is 0.220. The number of fused-ring (bicyclic) bond motifs is 1. The highest BCUT2D eigenvalue weighted by atomic mass is 16.5. The lowest BCUT2D eigenvalue weighted by Crippen LogP contribution is -2.35. The fourth-order valence-electron chi connectivity index (χ4n) is 2.41. The van der Waals surface area contributed by atoms with Crippen molar-refractivity contribution in [1.82, 2.24) is 10.6 Å². The third-order valence-electron chi connectivity index (χ3n) is 3.30. The molecule has 4 N–H and O–H groups in total. The Morgan fingerprint density at radius 2 is 2.29 bits per heavy atom. The molecule has 0 fully saturated rings. The molecule has 2 rings (SSSR count). The Bertz CT molecular complexity index is 505. The van der Waals surface area contributed by atoms with E-state index < -0.39 is 6.03 Å². The van der Waals surface area contributed by atoms with Gasteiger partial charge < -0.3 is 25.8 Å². The van der Waals surface area contributed by atoms with Gasteiger partial charge in [-0.3, -0.25) is 0 Å². The van der Waals surface area contributed by atoms with Crippen LogP contribution >= 0.6 is 0 Å². The lowest BCUT2D eigenvalue weighted by atomic mass is 10.1. The topological polar surface area (TPSA) is 85.6 Å². The summed E-state index contributed by atoms with van der Waals surface area (Å²) in [6, 6.07) is 3.60. The molecule has 0 aliphatic carbocycles. The largest absolute Gasteiger partial charge is 0.494 e. The van der Waals surface area contributed by atoms with Crippen LogP contribution in [0.5, 0.6) is 11.5 Å². The summed E-state index contributed by atoms with van der Waals surface area (Å²) in [6.07, 6.45) is 1.14. The number of hydrogen-bond donors (Lipinski definition) is 3. The van der Waals surface area contributed by atoms with E-state index in [0.717, 1.165) is 23.5 Å². The van der Waals surface area contributed by atoms with Gasteiger partial charge in [0.25, 0.3) is 0 Å². The zero-order valence-corrected chi connectivity index (χ0v) is 12.6. The van der Waals surface area contributed by atoms with Gasteiger partial charge in [-0.05, 0) is 26.0 Å². The van der Waals surface area contributed by atoms with E-state index in [-0.39, 0.29) is 6.10 Å². The number of benzene rings is 1. The highest BCUT2D eigenvalue weighted by Crippen LogP contribution is 2.35. The maximum atomic E-state index is 10.6. The lowest BCUT2D eigenvalue weighted by Gasteiger charge is -2.13. The second-order valence-corrected chi connectivity index (χ2v) is 5.10. The monoisotopic (exact) mass is 293 g/mol. The molecule has 21 heavy (non-hydrogen) atoms. The third kappa shape index (κ3) is 4.26. The summed E-state index contributed by atoms with van der Waals surface area (Å²) in [5.41, 5.74) is 7.27. The van der Waals surface area contributed by atoms with Crippen molar-refractivity contribution in [3.63, 3.8) is 0 Å². The molecule has 0 spiro atoms. The standard InChI is InChI=1S/C15H23N3O3/c1-3-20-13-7-11-6-10(2)21-14(11)8-12(13)9-17-4-5-18-15(16)19/h7-8,10,17H,3-6,9H2,1-2H3,(H3,16,18,19). The molecule has 6 heteroatoms. The van der Waals surface area contributed by atoms with Gasteiger partial charge in [0.15, 0.2) is 0 Å². The highest BCUT2D eigenvalue weighted by Gasteiger charge is 2.21. The number of carbonyl (C=O) groups is 1. The molecule has 0 saturated carbocycles. The van der Waals surface area contributed by atoms with Crippen molar-refractivity contribution in [2.75, 3.05) is 19.7 Å². The first-order valence-corrected chi connectivity index (χ1v) is 7.29. The maximum absolute atomic E-state index is 10.6. The van der Waals surface area contributed by atoms with E-state index in [0.29, 0.717) is 26.2 Å². The Morgan fingerprint density at radius 1 is 1.48 bits per heavy atom. The number of nitrogens with one attached hydrogen (secondary N) is 2. The van der Waals surface area contributed by atoms with Crippen LogP contribution in [0.4, 0.5) is 4.79 Å². The van der Waals surface area contributed by atoms with Crippen LogP contribution in [-0.2, 0) is 13.0 Å². The number of urea groups is 1. The van der Waals surface area contributed by atoms with Crippen molar-refractivity contribution in [3.8, 4) is 11.5 Å². The Hall–Kier alpha value is -1.95. The summed E-state index contributed by atoms with van der Waals surface area (Å²) in [6.45, 7) is 6.46. The van der Waals surface area contributed by atoms with E-state index in [1.807, 2.05) is 13.0 Å². The predicted molar refractivity (Wildman–Crippen MR) is 80.7 cm³/mol. The number of carbonyl (C=O) groups excluding carboxylic acids is 1. The number of primary amides is 1. The summed E-state index contributed by atoms with van der Waals surface area (Å²) in [4.78, 5) is 10.6. The van der Waals surface area contributed by atoms with Crippen LogP contribution in [0, 0.1) is 0 Å². The molecule has 0 bridgehead atoms. The van der Waals surface area contributed by atoms with Crippen molar-refractivity contribution >= 4 is 6.03 Å². The second-order valence-electron chi connectivity index (χ2n) is 5.10. The van der Waals surface area contributed by atoms with Crippen LogP contribution < -0.4 is 25.8 Å². The molecule has 1 aliphatic rings. The van der Waals surface area contributed by atoms with Gasteiger partial charge in [0.05, 0.1) is 6.61 Å². The van der Waals surface area contributed by atoms with Gasteiger partial charge in [0.2, 0.25) is 0 Å². The van der Waals surface area contributed by atoms with E-state index >= 15 is 0 Å². The number of amides is 2. The number of ether oxygens (including phenoxy) is 2. The molecule has 6 nitrogen and oxygen atoms in total. The van der Waals surface area contributed by atoms with Gasteiger partial charge in [-0.25, -0.2) is 4.79 Å². The Labute approximate surface area is 125 Å². The normalized spacial score (nSPS) is 16.2. The number of nitrogens with two attached hydrogens (primary N) is 1. The summed E-state index contributed by atoms with van der Waals surface area (Å²) in [5.74, 6) is 1.84. The average molecular weight is 293 g/mol. The Morgan fingerprint density at radius 3 is 3.00 bits per heavy atom. The average Bonchev–Trinajstić information content (AvgIpc) is 2.77. The summed E-state index contributed by atoms with van der Waals surface area (Å²) in [5, 5.41) is 5.79. The maximum Gasteiger partial charge on any atom is 0.312 e. The van der Waals surface area contributed by atoms with Crippen molar-refractivity contribution < 1.29 is 14.3 Å². The lowest BCUT2D eigenvalue weighted by molar-refractivity contribution is 0.249. The minimum atomic E-state index is -0.508. The molecule has 1 aromatic rings. The van der Waals surface area contributed by atoms with Gasteiger partial charge in [-0.1, -0.05) is 0 Å². The van der Waals surface area contributed by atoms with Gasteiger partial charge in [-0.2, -0.15) is 0 Å². The molecule has 1 unspecified atom stereocenters. The van der Waals surface area contributed by atoms with Gasteiger partial charge in [0.1, 0.15) is 17.6 Å². The van der Waals surface area contributed by atoms with Crippen LogP contribution in [0.3, 0.4) is 0 Å². The van der Waals surface area contributed by atoms with Gasteiger partial charge in [0, 0.05) is 37.2 Å². The van der Waals surface area contributed by atoms with Gasteiger partial charge in [-0.15, -0.1) is 0 Å². The molecular formula is C15H23N3O3. The fraction of sp³-hybridized carbons (Fsp3) is 0.533. The molecule has 2 amide bonds. The highest BCUT2D eigenvalue weighted by molar-refractivity contribution is 5.71. The van der Waals surface area contributed by atoms with Gasteiger partial charge >= 0.3 is 6.03 Å². The molecule has 0 aromatic heterocycles. The van der Waals surface area contributed by atoms with E-state index in [4.69, 9.17) is 15.2 Å². The predicted octanol–water partition coefficient (Wildman–Crippen LogP) is 1.17. The molecule has 1 heterocycles. The Kier molecular flexibility index (Phi) is 5.27. The third-order valence-corrected chi connectivity index (χ3v) is 3.30.